The van der Waals surface area contributed by atoms with E-state index in [1.165, 1.54) is 30.4 Å². The molecule has 0 aliphatic rings. The number of rotatable bonds is 4. The number of thiophene rings is 1. The van der Waals surface area contributed by atoms with Crippen molar-refractivity contribution in [3.05, 3.63) is 45.3 Å². The Hall–Kier alpha value is -2.74. The van der Waals surface area contributed by atoms with Gasteiger partial charge in [-0.05, 0) is 51.5 Å². The Balaban J connectivity index is 2.32. The van der Waals surface area contributed by atoms with Gasteiger partial charge in [0.1, 0.15) is 11.3 Å². The van der Waals surface area contributed by atoms with E-state index in [2.05, 4.69) is 5.32 Å². The van der Waals surface area contributed by atoms with Crippen molar-refractivity contribution < 1.29 is 19.2 Å². The van der Waals surface area contributed by atoms with Crippen molar-refractivity contribution in [2.45, 2.75) is 33.3 Å². The molecule has 1 amide bonds. The number of nitro benzene ring substituents is 1. The fraction of sp³-hybridized carbons (Fsp3) is 0.294. The minimum atomic E-state index is -0.765. The quantitative estimate of drug-likeness (QED) is 0.475. The molecule has 1 aromatic carbocycles. The number of hydrogen-bond acceptors (Lipinski definition) is 6. The summed E-state index contributed by atoms with van der Waals surface area (Å²) in [5.74, 6) is -0.0611. The molecule has 1 aromatic heterocycles. The van der Waals surface area contributed by atoms with Crippen LogP contribution < -0.4 is 5.32 Å². The molecule has 0 atom stereocenters. The van der Waals surface area contributed by atoms with Crippen molar-refractivity contribution in [1.82, 2.24) is 0 Å². The second-order valence-corrected chi connectivity index (χ2v) is 7.42. The number of carbonyl (C=O) groups excluding carboxylic acids is 2. The smallest absolute Gasteiger partial charge is 0.412 e. The molecule has 0 saturated heterocycles. The van der Waals surface area contributed by atoms with Crippen molar-refractivity contribution >= 4 is 34.6 Å². The molecule has 132 valence electrons. The van der Waals surface area contributed by atoms with Crippen LogP contribution in [0.5, 0.6) is 0 Å². The maximum atomic E-state index is 11.8. The molecule has 25 heavy (non-hydrogen) atoms. The van der Waals surface area contributed by atoms with Crippen LogP contribution in [0.15, 0.2) is 30.3 Å². The van der Waals surface area contributed by atoms with E-state index in [0.29, 0.717) is 10.4 Å². The summed E-state index contributed by atoms with van der Waals surface area (Å²) < 4.78 is 5.11. The highest BCUT2D eigenvalue weighted by atomic mass is 32.1. The van der Waals surface area contributed by atoms with Crippen molar-refractivity contribution in [3.8, 4) is 10.4 Å². The SMILES string of the molecule is CC(=O)c1ccc(-c2ccc(NC(=O)OC(C)(C)C)c([N+](=O)[O-])c2)s1. The first kappa shape index (κ1) is 18.6. The molecule has 0 aliphatic heterocycles. The number of nitrogens with one attached hydrogen (secondary N) is 1. The number of carbonyl (C=O) groups is 2. The van der Waals surface area contributed by atoms with Gasteiger partial charge in [-0.15, -0.1) is 11.3 Å². The van der Waals surface area contributed by atoms with Crippen LogP contribution in [0, 0.1) is 10.1 Å². The highest BCUT2D eigenvalue weighted by Gasteiger charge is 2.21. The van der Waals surface area contributed by atoms with Crippen molar-refractivity contribution in [2.24, 2.45) is 0 Å². The maximum absolute atomic E-state index is 11.8. The van der Waals surface area contributed by atoms with E-state index in [4.69, 9.17) is 4.74 Å². The minimum absolute atomic E-state index is 0.0475. The molecule has 0 radical (unpaired) electrons. The van der Waals surface area contributed by atoms with Crippen LogP contribution >= 0.6 is 11.3 Å². The lowest BCUT2D eigenvalue weighted by atomic mass is 10.1. The second-order valence-electron chi connectivity index (χ2n) is 6.34. The molecule has 1 N–H and O–H groups in total. The highest BCUT2D eigenvalue weighted by Crippen LogP contribution is 2.34. The summed E-state index contributed by atoms with van der Waals surface area (Å²) in [7, 11) is 0. The summed E-state index contributed by atoms with van der Waals surface area (Å²) >= 11 is 1.26. The zero-order chi connectivity index (χ0) is 18.8. The number of hydrogen-bond donors (Lipinski definition) is 1. The molecule has 0 spiro atoms. The molecule has 1 heterocycles. The fourth-order valence-corrected chi connectivity index (χ4v) is 2.94. The number of nitrogens with zero attached hydrogens (tertiary/aromatic N) is 1. The van der Waals surface area contributed by atoms with Crippen LogP contribution in [0.2, 0.25) is 0 Å². The van der Waals surface area contributed by atoms with Crippen molar-refractivity contribution in [2.75, 3.05) is 5.32 Å². The van der Waals surface area contributed by atoms with E-state index in [1.807, 2.05) is 0 Å². The van der Waals surface area contributed by atoms with Gasteiger partial charge in [-0.25, -0.2) is 4.79 Å². The molecule has 8 heteroatoms. The number of ketones is 1. The van der Waals surface area contributed by atoms with Gasteiger partial charge in [0, 0.05) is 10.9 Å². The molecule has 2 rings (SSSR count). The summed E-state index contributed by atoms with van der Waals surface area (Å²) in [6.45, 7) is 6.57. The van der Waals surface area contributed by atoms with Gasteiger partial charge in [-0.3, -0.25) is 20.2 Å². The number of ether oxygens (including phenoxy) is 1. The second kappa shape index (κ2) is 7.02. The van der Waals surface area contributed by atoms with Crippen molar-refractivity contribution in [3.63, 3.8) is 0 Å². The molecule has 0 unspecified atom stereocenters. The van der Waals surface area contributed by atoms with Gasteiger partial charge in [0.25, 0.3) is 5.69 Å². The number of Topliss-reactive ketones (excluding diaryl/α,β-unsaturated/α-hetero) is 1. The van der Waals surface area contributed by atoms with Crippen LogP contribution in [0.3, 0.4) is 0 Å². The standard InChI is InChI=1S/C17H18N2O5S/c1-10(20)14-7-8-15(25-14)11-5-6-12(13(9-11)19(22)23)18-16(21)24-17(2,3)4/h5-9H,1-4H3,(H,18,21). The van der Waals surface area contributed by atoms with Gasteiger partial charge in [0.2, 0.25) is 0 Å². The maximum Gasteiger partial charge on any atom is 0.412 e. The summed E-state index contributed by atoms with van der Waals surface area (Å²) in [5.41, 5.74) is -0.315. The van der Waals surface area contributed by atoms with E-state index in [9.17, 15) is 19.7 Å². The van der Waals surface area contributed by atoms with E-state index in [-0.39, 0.29) is 17.2 Å². The van der Waals surface area contributed by atoms with Gasteiger partial charge in [-0.2, -0.15) is 0 Å². The minimum Gasteiger partial charge on any atom is -0.444 e. The molecule has 0 aliphatic carbocycles. The predicted molar refractivity (Wildman–Crippen MR) is 96.3 cm³/mol. The first-order valence-electron chi connectivity index (χ1n) is 7.46. The van der Waals surface area contributed by atoms with Crippen LogP contribution in [-0.2, 0) is 4.74 Å². The van der Waals surface area contributed by atoms with Crippen LogP contribution in [-0.4, -0.2) is 22.4 Å². The lowest BCUT2D eigenvalue weighted by Gasteiger charge is -2.19. The van der Waals surface area contributed by atoms with Gasteiger partial charge in [-0.1, -0.05) is 6.07 Å². The van der Waals surface area contributed by atoms with E-state index < -0.39 is 16.6 Å². The lowest BCUT2D eigenvalue weighted by molar-refractivity contribution is -0.383. The average Bonchev–Trinajstić information content (AvgIpc) is 2.95. The lowest BCUT2D eigenvalue weighted by Crippen LogP contribution is -2.27. The summed E-state index contributed by atoms with van der Waals surface area (Å²) in [4.78, 5) is 35.3. The van der Waals surface area contributed by atoms with Crippen LogP contribution in [0.4, 0.5) is 16.2 Å². The third-order valence-electron chi connectivity index (χ3n) is 3.07. The molecule has 0 saturated carbocycles. The largest absolute Gasteiger partial charge is 0.444 e. The van der Waals surface area contributed by atoms with E-state index >= 15 is 0 Å². The van der Waals surface area contributed by atoms with E-state index in [1.54, 1.807) is 39.0 Å². The number of nitro groups is 1. The van der Waals surface area contributed by atoms with Gasteiger partial charge >= 0.3 is 6.09 Å². The predicted octanol–water partition coefficient (Wildman–Crippen LogP) is 4.87. The Kier molecular flexibility index (Phi) is 5.22. The normalized spacial score (nSPS) is 11.0. The number of benzene rings is 1. The molecule has 7 nitrogen and oxygen atoms in total. The third-order valence-corrected chi connectivity index (χ3v) is 4.30. The van der Waals surface area contributed by atoms with Crippen LogP contribution in [0.25, 0.3) is 10.4 Å². The summed E-state index contributed by atoms with van der Waals surface area (Å²) in [5, 5.41) is 13.7. The Labute approximate surface area is 148 Å². The number of amides is 1. The molecule has 0 fully saturated rings. The zero-order valence-corrected chi connectivity index (χ0v) is 15.1. The van der Waals surface area contributed by atoms with E-state index in [0.717, 1.165) is 4.88 Å². The number of anilines is 1. The molecular weight excluding hydrogens is 344 g/mol. The van der Waals surface area contributed by atoms with Crippen molar-refractivity contribution in [1.29, 1.82) is 0 Å². The average molecular weight is 362 g/mol. The first-order valence-corrected chi connectivity index (χ1v) is 8.28. The Morgan fingerprint density at radius 1 is 1.20 bits per heavy atom. The summed E-state index contributed by atoms with van der Waals surface area (Å²) in [6, 6.07) is 7.88. The van der Waals surface area contributed by atoms with Gasteiger partial charge in [0.05, 0.1) is 9.80 Å². The van der Waals surface area contributed by atoms with Gasteiger partial charge in [0.15, 0.2) is 5.78 Å². The monoisotopic (exact) mass is 362 g/mol. The third kappa shape index (κ3) is 4.87. The zero-order valence-electron chi connectivity index (χ0n) is 14.3. The molecule has 2 aromatic rings. The van der Waals surface area contributed by atoms with Gasteiger partial charge < -0.3 is 4.74 Å². The topological polar surface area (TPSA) is 98.5 Å². The molecule has 0 bridgehead atoms. The first-order chi connectivity index (χ1) is 11.6. The molecular formula is C17H18N2O5S. The summed E-state index contributed by atoms with van der Waals surface area (Å²) in [6.07, 6.45) is -0.765. The highest BCUT2D eigenvalue weighted by molar-refractivity contribution is 7.17. The fourth-order valence-electron chi connectivity index (χ4n) is 2.04. The Bertz CT molecular complexity index is 836. The Morgan fingerprint density at radius 2 is 1.88 bits per heavy atom. The Morgan fingerprint density at radius 3 is 2.40 bits per heavy atom. The van der Waals surface area contributed by atoms with Crippen LogP contribution in [0.1, 0.15) is 37.4 Å².